The molecule has 0 unspecified atom stereocenters. The first-order valence-corrected chi connectivity index (χ1v) is 9.34. The molecule has 0 aromatic heterocycles. The van der Waals surface area contributed by atoms with E-state index < -0.39 is 10.0 Å². The van der Waals surface area contributed by atoms with Crippen molar-refractivity contribution in [2.75, 3.05) is 17.8 Å². The zero-order valence-corrected chi connectivity index (χ0v) is 13.9. The van der Waals surface area contributed by atoms with Gasteiger partial charge in [0.25, 0.3) is 10.0 Å². The van der Waals surface area contributed by atoms with Crippen molar-refractivity contribution in [2.45, 2.75) is 9.79 Å². The number of ether oxygens (including phenoxy) is 2. The Morgan fingerprint density at radius 1 is 1.14 bits per heavy atom. The molecule has 0 aliphatic carbocycles. The molecule has 3 rings (SSSR count). The second-order valence-corrected chi connectivity index (χ2v) is 7.40. The summed E-state index contributed by atoms with van der Waals surface area (Å²) in [5, 5.41) is 0.365. The largest absolute Gasteiger partial charge is 0.454 e. The van der Waals surface area contributed by atoms with Crippen molar-refractivity contribution >= 4 is 39.1 Å². The maximum absolute atomic E-state index is 12.6. The number of nitrogens with one attached hydrogen (secondary N) is 1. The molecule has 2 aromatic carbocycles. The highest BCUT2D eigenvalue weighted by Gasteiger charge is 2.21. The summed E-state index contributed by atoms with van der Waals surface area (Å²) >= 11 is 7.26. The number of halogens is 1. The summed E-state index contributed by atoms with van der Waals surface area (Å²) < 4.78 is 38.1. The Labute approximate surface area is 137 Å². The number of benzene rings is 2. The Balaban J connectivity index is 1.95. The Bertz CT molecular complexity index is 824. The molecule has 5 nitrogen and oxygen atoms in total. The Morgan fingerprint density at radius 2 is 1.91 bits per heavy atom. The summed E-state index contributed by atoms with van der Waals surface area (Å²) in [6.45, 7) is 0.135. The van der Waals surface area contributed by atoms with Gasteiger partial charge < -0.3 is 9.47 Å². The van der Waals surface area contributed by atoms with E-state index >= 15 is 0 Å². The fraction of sp³-hybridized carbons (Fsp3) is 0.143. The standard InChI is InChI=1S/C14H12ClNO4S2/c1-21-13-5-2-9(15)6-14(13)22(17,18)16-10-3-4-11-12(7-10)20-8-19-11/h2-7,16H,8H2,1H3. The van der Waals surface area contributed by atoms with Gasteiger partial charge in [-0.05, 0) is 36.6 Å². The lowest BCUT2D eigenvalue weighted by Crippen LogP contribution is -2.14. The van der Waals surface area contributed by atoms with Gasteiger partial charge in [-0.25, -0.2) is 8.42 Å². The van der Waals surface area contributed by atoms with Gasteiger partial charge in [0.2, 0.25) is 6.79 Å². The predicted octanol–water partition coefficient (Wildman–Crippen LogP) is 3.59. The van der Waals surface area contributed by atoms with Gasteiger partial charge in [0, 0.05) is 16.0 Å². The second-order valence-electron chi connectivity index (χ2n) is 4.47. The molecule has 0 saturated carbocycles. The van der Waals surface area contributed by atoms with E-state index in [-0.39, 0.29) is 11.7 Å². The van der Waals surface area contributed by atoms with Crippen LogP contribution in [0.15, 0.2) is 46.2 Å². The number of hydrogen-bond acceptors (Lipinski definition) is 5. The van der Waals surface area contributed by atoms with Gasteiger partial charge in [0.15, 0.2) is 11.5 Å². The lowest BCUT2D eigenvalue weighted by molar-refractivity contribution is 0.174. The molecule has 8 heteroatoms. The van der Waals surface area contributed by atoms with E-state index in [0.29, 0.717) is 27.1 Å². The maximum atomic E-state index is 12.6. The van der Waals surface area contributed by atoms with Gasteiger partial charge in [0.05, 0.1) is 5.69 Å². The summed E-state index contributed by atoms with van der Waals surface area (Å²) in [7, 11) is -3.75. The molecule has 0 radical (unpaired) electrons. The van der Waals surface area contributed by atoms with Crippen LogP contribution in [0.2, 0.25) is 5.02 Å². The summed E-state index contributed by atoms with van der Waals surface area (Å²) in [6, 6.07) is 9.64. The van der Waals surface area contributed by atoms with Crippen LogP contribution < -0.4 is 14.2 Å². The fourth-order valence-electron chi connectivity index (χ4n) is 2.03. The maximum Gasteiger partial charge on any atom is 0.263 e. The number of hydrogen-bond donors (Lipinski definition) is 1. The zero-order chi connectivity index (χ0) is 15.7. The number of sulfonamides is 1. The third-order valence-corrected chi connectivity index (χ3v) is 5.62. The molecular weight excluding hydrogens is 346 g/mol. The van der Waals surface area contributed by atoms with Crippen LogP contribution in [-0.4, -0.2) is 21.5 Å². The molecule has 22 heavy (non-hydrogen) atoms. The number of thioether (sulfide) groups is 1. The van der Waals surface area contributed by atoms with Crippen molar-refractivity contribution in [2.24, 2.45) is 0 Å². The van der Waals surface area contributed by atoms with Gasteiger partial charge in [-0.3, -0.25) is 4.72 Å². The third kappa shape index (κ3) is 2.97. The molecule has 0 bridgehead atoms. The first-order valence-electron chi connectivity index (χ1n) is 6.25. The highest BCUT2D eigenvalue weighted by atomic mass is 35.5. The quantitative estimate of drug-likeness (QED) is 0.847. The van der Waals surface area contributed by atoms with Crippen molar-refractivity contribution < 1.29 is 17.9 Å². The van der Waals surface area contributed by atoms with Crippen molar-refractivity contribution in [3.05, 3.63) is 41.4 Å². The van der Waals surface area contributed by atoms with Crippen molar-refractivity contribution in [3.63, 3.8) is 0 Å². The van der Waals surface area contributed by atoms with Gasteiger partial charge in [-0.1, -0.05) is 11.6 Å². The van der Waals surface area contributed by atoms with E-state index in [1.54, 1.807) is 30.3 Å². The van der Waals surface area contributed by atoms with Crippen LogP contribution in [0.25, 0.3) is 0 Å². The fourth-order valence-corrected chi connectivity index (χ4v) is 4.47. The molecule has 2 aromatic rings. The lowest BCUT2D eigenvalue weighted by atomic mass is 10.3. The minimum absolute atomic E-state index is 0.135. The van der Waals surface area contributed by atoms with Crippen LogP contribution in [0, 0.1) is 0 Å². The number of anilines is 1. The molecule has 0 fully saturated rings. The van der Waals surface area contributed by atoms with E-state index in [1.807, 2.05) is 6.26 Å². The smallest absolute Gasteiger partial charge is 0.263 e. The van der Waals surface area contributed by atoms with E-state index in [2.05, 4.69) is 4.72 Å². The molecule has 0 amide bonds. The highest BCUT2D eigenvalue weighted by molar-refractivity contribution is 7.99. The Kier molecular flexibility index (Phi) is 4.12. The van der Waals surface area contributed by atoms with Crippen LogP contribution in [0.1, 0.15) is 0 Å². The normalized spacial score (nSPS) is 13.2. The molecule has 1 aliphatic rings. The summed E-state index contributed by atoms with van der Waals surface area (Å²) in [6.07, 6.45) is 1.81. The SMILES string of the molecule is CSc1ccc(Cl)cc1S(=O)(=O)Nc1ccc2c(c1)OCO2. The van der Waals surface area contributed by atoms with Gasteiger partial charge >= 0.3 is 0 Å². The topological polar surface area (TPSA) is 64.6 Å². The van der Waals surface area contributed by atoms with Crippen LogP contribution in [0.4, 0.5) is 5.69 Å². The first-order chi connectivity index (χ1) is 10.5. The van der Waals surface area contributed by atoms with Crippen LogP contribution in [0.3, 0.4) is 0 Å². The van der Waals surface area contributed by atoms with Gasteiger partial charge in [0.1, 0.15) is 4.90 Å². The van der Waals surface area contributed by atoms with Gasteiger partial charge in [-0.2, -0.15) is 0 Å². The highest BCUT2D eigenvalue weighted by Crippen LogP contribution is 2.35. The molecule has 0 atom stereocenters. The van der Waals surface area contributed by atoms with Crippen molar-refractivity contribution in [1.82, 2.24) is 0 Å². The predicted molar refractivity (Wildman–Crippen MR) is 86.6 cm³/mol. The van der Waals surface area contributed by atoms with Crippen molar-refractivity contribution in [1.29, 1.82) is 0 Å². The molecule has 0 spiro atoms. The monoisotopic (exact) mass is 357 g/mol. The Hall–Kier alpha value is -1.57. The van der Waals surface area contributed by atoms with Crippen LogP contribution >= 0.6 is 23.4 Å². The zero-order valence-electron chi connectivity index (χ0n) is 11.5. The third-order valence-electron chi connectivity index (χ3n) is 3.04. The first kappa shape index (κ1) is 15.3. The van der Waals surface area contributed by atoms with E-state index in [1.165, 1.54) is 17.8 Å². The van der Waals surface area contributed by atoms with Crippen LogP contribution in [0.5, 0.6) is 11.5 Å². The molecule has 1 aliphatic heterocycles. The second kappa shape index (κ2) is 5.91. The number of fused-ring (bicyclic) bond motifs is 1. The van der Waals surface area contributed by atoms with E-state index in [9.17, 15) is 8.42 Å². The molecule has 1 N–H and O–H groups in total. The number of rotatable bonds is 4. The summed E-state index contributed by atoms with van der Waals surface area (Å²) in [4.78, 5) is 0.766. The molecule has 1 heterocycles. The van der Waals surface area contributed by atoms with Crippen LogP contribution in [-0.2, 0) is 10.0 Å². The van der Waals surface area contributed by atoms with E-state index in [4.69, 9.17) is 21.1 Å². The lowest BCUT2D eigenvalue weighted by Gasteiger charge is -2.12. The average molecular weight is 358 g/mol. The summed E-state index contributed by atoms with van der Waals surface area (Å²) in [5.41, 5.74) is 0.399. The molecule has 116 valence electrons. The Morgan fingerprint density at radius 3 is 2.68 bits per heavy atom. The van der Waals surface area contributed by atoms with Gasteiger partial charge in [-0.15, -0.1) is 11.8 Å². The minimum Gasteiger partial charge on any atom is -0.454 e. The molecule has 0 saturated heterocycles. The van der Waals surface area contributed by atoms with E-state index in [0.717, 1.165) is 0 Å². The average Bonchev–Trinajstić information content (AvgIpc) is 2.94. The summed E-state index contributed by atoms with van der Waals surface area (Å²) in [5.74, 6) is 1.10. The van der Waals surface area contributed by atoms with Crippen molar-refractivity contribution in [3.8, 4) is 11.5 Å². The minimum atomic E-state index is -3.75. The molecular formula is C14H12ClNO4S2.